The average Bonchev–Trinajstić information content (AvgIpc) is 3.05. The van der Waals surface area contributed by atoms with Crippen molar-refractivity contribution in [2.45, 2.75) is 39.3 Å². The SMILES string of the molecule is CCOCCOCc1cccc(NC(=O)C2CCCN2)c1C. The molecule has 1 aromatic carbocycles. The smallest absolute Gasteiger partial charge is 0.241 e. The van der Waals surface area contributed by atoms with Crippen molar-refractivity contribution in [2.75, 3.05) is 31.7 Å². The second kappa shape index (κ2) is 8.88. The molecule has 122 valence electrons. The fourth-order valence-corrected chi connectivity index (χ4v) is 2.55. The molecule has 22 heavy (non-hydrogen) atoms. The summed E-state index contributed by atoms with van der Waals surface area (Å²) in [4.78, 5) is 12.2. The maximum Gasteiger partial charge on any atom is 0.241 e. The van der Waals surface area contributed by atoms with E-state index in [0.29, 0.717) is 26.4 Å². The van der Waals surface area contributed by atoms with Crippen LogP contribution in [0.25, 0.3) is 0 Å². The number of carbonyl (C=O) groups excluding carboxylic acids is 1. The molecule has 1 fully saturated rings. The molecule has 0 radical (unpaired) electrons. The van der Waals surface area contributed by atoms with Crippen LogP contribution >= 0.6 is 0 Å². The summed E-state index contributed by atoms with van der Waals surface area (Å²) in [6.07, 6.45) is 1.97. The van der Waals surface area contributed by atoms with Gasteiger partial charge < -0.3 is 20.1 Å². The Balaban J connectivity index is 1.89. The maximum absolute atomic E-state index is 12.2. The van der Waals surface area contributed by atoms with Gasteiger partial charge in [-0.15, -0.1) is 0 Å². The number of carbonyl (C=O) groups is 1. The third-order valence-corrected chi connectivity index (χ3v) is 3.91. The molecule has 1 unspecified atom stereocenters. The van der Waals surface area contributed by atoms with E-state index in [1.165, 1.54) is 0 Å². The molecule has 1 aromatic rings. The zero-order chi connectivity index (χ0) is 15.8. The quantitative estimate of drug-likeness (QED) is 0.723. The van der Waals surface area contributed by atoms with Gasteiger partial charge in [0.1, 0.15) is 0 Å². The molecule has 0 aliphatic carbocycles. The second-order valence-electron chi connectivity index (χ2n) is 5.48. The maximum atomic E-state index is 12.2. The van der Waals surface area contributed by atoms with Gasteiger partial charge in [0.05, 0.1) is 25.9 Å². The van der Waals surface area contributed by atoms with E-state index in [1.54, 1.807) is 0 Å². The van der Waals surface area contributed by atoms with Gasteiger partial charge in [-0.25, -0.2) is 0 Å². The van der Waals surface area contributed by atoms with E-state index in [2.05, 4.69) is 10.6 Å². The molecule has 2 N–H and O–H groups in total. The Morgan fingerprint density at radius 2 is 2.18 bits per heavy atom. The van der Waals surface area contributed by atoms with E-state index in [4.69, 9.17) is 9.47 Å². The topological polar surface area (TPSA) is 59.6 Å². The van der Waals surface area contributed by atoms with E-state index in [1.807, 2.05) is 32.0 Å². The van der Waals surface area contributed by atoms with Crippen LogP contribution in [0.3, 0.4) is 0 Å². The third kappa shape index (κ3) is 4.80. The number of hydrogen-bond acceptors (Lipinski definition) is 4. The van der Waals surface area contributed by atoms with Gasteiger partial charge in [-0.3, -0.25) is 4.79 Å². The summed E-state index contributed by atoms with van der Waals surface area (Å²) in [5, 5.41) is 6.24. The summed E-state index contributed by atoms with van der Waals surface area (Å²) < 4.78 is 10.9. The molecule has 5 nitrogen and oxygen atoms in total. The summed E-state index contributed by atoms with van der Waals surface area (Å²) >= 11 is 0. The fraction of sp³-hybridized carbons (Fsp3) is 0.588. The number of benzene rings is 1. The van der Waals surface area contributed by atoms with Gasteiger partial charge in [0.15, 0.2) is 0 Å². The lowest BCUT2D eigenvalue weighted by Gasteiger charge is -2.15. The highest BCUT2D eigenvalue weighted by atomic mass is 16.5. The number of ether oxygens (including phenoxy) is 2. The van der Waals surface area contributed by atoms with E-state index in [9.17, 15) is 4.79 Å². The van der Waals surface area contributed by atoms with Crippen LogP contribution in [0.2, 0.25) is 0 Å². The summed E-state index contributed by atoms with van der Waals surface area (Å²) in [5.74, 6) is 0.0509. The molecule has 0 aromatic heterocycles. The molecule has 1 aliphatic rings. The van der Waals surface area contributed by atoms with Gasteiger partial charge in [0.25, 0.3) is 0 Å². The summed E-state index contributed by atoms with van der Waals surface area (Å²) in [5.41, 5.74) is 3.02. The first-order valence-electron chi connectivity index (χ1n) is 8.00. The minimum atomic E-state index is -0.0644. The summed E-state index contributed by atoms with van der Waals surface area (Å²) in [6.45, 7) is 7.33. The average molecular weight is 306 g/mol. The summed E-state index contributed by atoms with van der Waals surface area (Å²) in [6, 6.07) is 5.85. The molecular formula is C17H26N2O3. The first kappa shape index (κ1) is 16.9. The van der Waals surface area contributed by atoms with Crippen molar-refractivity contribution >= 4 is 11.6 Å². The van der Waals surface area contributed by atoms with E-state index < -0.39 is 0 Å². The highest BCUT2D eigenvalue weighted by Gasteiger charge is 2.22. The fourth-order valence-electron chi connectivity index (χ4n) is 2.55. The molecule has 0 spiro atoms. The molecular weight excluding hydrogens is 280 g/mol. The molecule has 1 heterocycles. The van der Waals surface area contributed by atoms with Crippen molar-refractivity contribution in [3.05, 3.63) is 29.3 Å². The Bertz CT molecular complexity index is 485. The Hall–Kier alpha value is -1.43. The number of nitrogens with one attached hydrogen (secondary N) is 2. The van der Waals surface area contributed by atoms with Crippen molar-refractivity contribution < 1.29 is 14.3 Å². The van der Waals surface area contributed by atoms with Crippen molar-refractivity contribution in [1.29, 1.82) is 0 Å². The number of amides is 1. The van der Waals surface area contributed by atoms with E-state index in [-0.39, 0.29) is 11.9 Å². The minimum Gasteiger partial charge on any atom is -0.379 e. The Labute approximate surface area is 132 Å². The zero-order valence-electron chi connectivity index (χ0n) is 13.5. The Morgan fingerprint density at radius 3 is 2.91 bits per heavy atom. The van der Waals surface area contributed by atoms with Gasteiger partial charge in [0.2, 0.25) is 5.91 Å². The van der Waals surface area contributed by atoms with Crippen LogP contribution in [0, 0.1) is 6.92 Å². The van der Waals surface area contributed by atoms with Gasteiger partial charge in [0, 0.05) is 12.3 Å². The lowest BCUT2D eigenvalue weighted by molar-refractivity contribution is -0.117. The number of anilines is 1. The largest absolute Gasteiger partial charge is 0.379 e. The predicted octanol–water partition coefficient (Wildman–Crippen LogP) is 2.24. The van der Waals surface area contributed by atoms with Gasteiger partial charge in [-0.05, 0) is 50.4 Å². The van der Waals surface area contributed by atoms with E-state index in [0.717, 1.165) is 36.2 Å². The predicted molar refractivity (Wildman–Crippen MR) is 87.0 cm³/mol. The molecule has 0 saturated carbocycles. The van der Waals surface area contributed by atoms with E-state index >= 15 is 0 Å². The molecule has 1 atom stereocenters. The molecule has 0 bridgehead atoms. The molecule has 1 amide bonds. The van der Waals surface area contributed by atoms with Crippen LogP contribution < -0.4 is 10.6 Å². The van der Waals surface area contributed by atoms with Gasteiger partial charge in [-0.2, -0.15) is 0 Å². The highest BCUT2D eigenvalue weighted by Crippen LogP contribution is 2.20. The number of hydrogen-bond donors (Lipinski definition) is 2. The molecule has 1 aliphatic heterocycles. The van der Waals surface area contributed by atoms with Crippen LogP contribution in [-0.2, 0) is 20.9 Å². The monoisotopic (exact) mass is 306 g/mol. The Morgan fingerprint density at radius 1 is 1.36 bits per heavy atom. The molecule has 1 saturated heterocycles. The standard InChI is InChI=1S/C17H26N2O3/c1-3-21-10-11-22-12-14-6-4-7-15(13(14)2)19-17(20)16-8-5-9-18-16/h4,6-7,16,18H,3,5,8-12H2,1-2H3,(H,19,20). The first-order valence-corrected chi connectivity index (χ1v) is 8.00. The zero-order valence-corrected chi connectivity index (χ0v) is 13.5. The van der Waals surface area contributed by atoms with Crippen LogP contribution in [0.15, 0.2) is 18.2 Å². The van der Waals surface area contributed by atoms with Crippen LogP contribution in [0.1, 0.15) is 30.9 Å². The third-order valence-electron chi connectivity index (χ3n) is 3.91. The number of rotatable bonds is 8. The molecule has 5 heteroatoms. The normalized spacial score (nSPS) is 17.6. The second-order valence-corrected chi connectivity index (χ2v) is 5.48. The van der Waals surface area contributed by atoms with Crippen LogP contribution in [-0.4, -0.2) is 38.3 Å². The van der Waals surface area contributed by atoms with Crippen LogP contribution in [0.4, 0.5) is 5.69 Å². The summed E-state index contributed by atoms with van der Waals surface area (Å²) in [7, 11) is 0. The molecule has 2 rings (SSSR count). The van der Waals surface area contributed by atoms with Gasteiger partial charge in [-0.1, -0.05) is 12.1 Å². The van der Waals surface area contributed by atoms with Crippen LogP contribution in [0.5, 0.6) is 0 Å². The van der Waals surface area contributed by atoms with Crippen molar-refractivity contribution in [1.82, 2.24) is 5.32 Å². The van der Waals surface area contributed by atoms with Crippen molar-refractivity contribution in [2.24, 2.45) is 0 Å². The lowest BCUT2D eigenvalue weighted by Crippen LogP contribution is -2.35. The van der Waals surface area contributed by atoms with Gasteiger partial charge >= 0.3 is 0 Å². The highest BCUT2D eigenvalue weighted by molar-refractivity contribution is 5.95. The minimum absolute atomic E-state index is 0.0509. The Kier molecular flexibility index (Phi) is 6.83. The van der Waals surface area contributed by atoms with Crippen molar-refractivity contribution in [3.8, 4) is 0 Å². The van der Waals surface area contributed by atoms with Crippen molar-refractivity contribution in [3.63, 3.8) is 0 Å². The lowest BCUT2D eigenvalue weighted by atomic mass is 10.1. The first-order chi connectivity index (χ1) is 10.7.